The molecule has 0 aromatic rings. The Morgan fingerprint density at radius 1 is 1.62 bits per heavy atom. The van der Waals surface area contributed by atoms with Crippen molar-refractivity contribution in [3.05, 3.63) is 23.9 Å². The van der Waals surface area contributed by atoms with Crippen LogP contribution in [0.15, 0.2) is 29.0 Å². The smallest absolute Gasteiger partial charge is 0.0859 e. The Bertz CT molecular complexity index is 241. The van der Waals surface area contributed by atoms with E-state index in [1.54, 1.807) is 7.11 Å². The Hall–Kier alpha value is -1.09. The van der Waals surface area contributed by atoms with Crippen molar-refractivity contribution >= 4 is 5.71 Å². The zero-order valence-corrected chi connectivity index (χ0v) is 8.21. The van der Waals surface area contributed by atoms with E-state index in [0.29, 0.717) is 6.61 Å². The number of hydrogen-bond donors (Lipinski definition) is 1. The molecule has 0 atom stereocenters. The third-order valence-corrected chi connectivity index (χ3v) is 1.72. The molecule has 0 aromatic carbocycles. The van der Waals surface area contributed by atoms with E-state index < -0.39 is 0 Å². The van der Waals surface area contributed by atoms with E-state index in [4.69, 9.17) is 4.74 Å². The fraction of sp³-hybridized carbons (Fsp3) is 0.500. The molecule has 1 N–H and O–H groups in total. The molecule has 13 heavy (non-hydrogen) atoms. The lowest BCUT2D eigenvalue weighted by atomic mass is 10.2. The summed E-state index contributed by atoms with van der Waals surface area (Å²) >= 11 is 0. The SMILES string of the molecule is COC/C(C)=N/NC1=CCCC=C1. The highest BCUT2D eigenvalue weighted by atomic mass is 16.5. The molecule has 72 valence electrons. The molecule has 1 aliphatic carbocycles. The summed E-state index contributed by atoms with van der Waals surface area (Å²) in [5.74, 6) is 0. The maximum Gasteiger partial charge on any atom is 0.0859 e. The van der Waals surface area contributed by atoms with Gasteiger partial charge in [-0.05, 0) is 25.8 Å². The van der Waals surface area contributed by atoms with Crippen molar-refractivity contribution in [1.29, 1.82) is 0 Å². The third kappa shape index (κ3) is 3.90. The van der Waals surface area contributed by atoms with Crippen molar-refractivity contribution in [2.75, 3.05) is 13.7 Å². The molecule has 0 saturated heterocycles. The van der Waals surface area contributed by atoms with Gasteiger partial charge in [0.2, 0.25) is 0 Å². The predicted molar refractivity (Wildman–Crippen MR) is 54.6 cm³/mol. The molecule has 0 amide bonds. The van der Waals surface area contributed by atoms with Crippen molar-refractivity contribution in [3.63, 3.8) is 0 Å². The van der Waals surface area contributed by atoms with Crippen LogP contribution in [0.4, 0.5) is 0 Å². The maximum absolute atomic E-state index is 4.94. The average Bonchev–Trinajstić information content (AvgIpc) is 2.17. The van der Waals surface area contributed by atoms with Crippen LogP contribution in [0, 0.1) is 0 Å². The van der Waals surface area contributed by atoms with Gasteiger partial charge in [-0.15, -0.1) is 0 Å². The van der Waals surface area contributed by atoms with Crippen LogP contribution >= 0.6 is 0 Å². The van der Waals surface area contributed by atoms with Gasteiger partial charge >= 0.3 is 0 Å². The Labute approximate surface area is 79.2 Å². The molecule has 0 heterocycles. The molecular weight excluding hydrogens is 164 g/mol. The maximum atomic E-state index is 4.94. The van der Waals surface area contributed by atoms with Gasteiger partial charge in [-0.3, -0.25) is 5.43 Å². The summed E-state index contributed by atoms with van der Waals surface area (Å²) in [4.78, 5) is 0. The van der Waals surface area contributed by atoms with Crippen molar-refractivity contribution in [3.8, 4) is 0 Å². The zero-order chi connectivity index (χ0) is 9.52. The molecule has 0 bridgehead atoms. The number of nitrogens with zero attached hydrogens (tertiary/aromatic N) is 1. The Morgan fingerprint density at radius 3 is 3.08 bits per heavy atom. The van der Waals surface area contributed by atoms with Crippen LogP contribution in [0.25, 0.3) is 0 Å². The molecule has 3 nitrogen and oxygen atoms in total. The summed E-state index contributed by atoms with van der Waals surface area (Å²) in [7, 11) is 1.67. The molecular formula is C10H16N2O. The van der Waals surface area contributed by atoms with E-state index in [9.17, 15) is 0 Å². The second-order valence-electron chi connectivity index (χ2n) is 3.03. The summed E-state index contributed by atoms with van der Waals surface area (Å²) in [6, 6.07) is 0. The van der Waals surface area contributed by atoms with Crippen LogP contribution < -0.4 is 5.43 Å². The molecule has 0 saturated carbocycles. The number of nitrogens with one attached hydrogen (secondary N) is 1. The zero-order valence-electron chi connectivity index (χ0n) is 8.21. The van der Waals surface area contributed by atoms with E-state index in [-0.39, 0.29) is 0 Å². The Kier molecular flexibility index (Phi) is 4.26. The van der Waals surface area contributed by atoms with E-state index in [0.717, 1.165) is 24.3 Å². The molecule has 0 unspecified atom stereocenters. The minimum absolute atomic E-state index is 0.573. The van der Waals surface area contributed by atoms with Gasteiger partial charge in [-0.25, -0.2) is 0 Å². The van der Waals surface area contributed by atoms with Crippen LogP contribution in [-0.4, -0.2) is 19.4 Å². The van der Waals surface area contributed by atoms with Gasteiger partial charge in [0, 0.05) is 7.11 Å². The number of ether oxygens (including phenoxy) is 1. The minimum Gasteiger partial charge on any atom is -0.379 e. The first kappa shape index (κ1) is 9.99. The minimum atomic E-state index is 0.573. The fourth-order valence-electron chi connectivity index (χ4n) is 1.10. The average molecular weight is 180 g/mol. The Balaban J connectivity index is 2.36. The van der Waals surface area contributed by atoms with Crippen LogP contribution in [0.3, 0.4) is 0 Å². The van der Waals surface area contributed by atoms with Crippen molar-refractivity contribution in [2.24, 2.45) is 5.10 Å². The fourth-order valence-corrected chi connectivity index (χ4v) is 1.10. The highest BCUT2D eigenvalue weighted by Gasteiger charge is 1.95. The first-order valence-corrected chi connectivity index (χ1v) is 4.47. The molecule has 1 rings (SSSR count). The van der Waals surface area contributed by atoms with Crippen molar-refractivity contribution in [1.82, 2.24) is 5.43 Å². The van der Waals surface area contributed by atoms with Gasteiger partial charge in [0.15, 0.2) is 0 Å². The third-order valence-electron chi connectivity index (χ3n) is 1.72. The molecule has 0 aromatic heterocycles. The second-order valence-corrected chi connectivity index (χ2v) is 3.03. The monoisotopic (exact) mass is 180 g/mol. The second kappa shape index (κ2) is 5.54. The lowest BCUT2D eigenvalue weighted by Gasteiger charge is -2.06. The summed E-state index contributed by atoms with van der Waals surface area (Å²) < 4.78 is 4.94. The highest BCUT2D eigenvalue weighted by molar-refractivity contribution is 5.82. The van der Waals surface area contributed by atoms with Crippen LogP contribution in [0.1, 0.15) is 19.8 Å². The van der Waals surface area contributed by atoms with Gasteiger partial charge in [-0.2, -0.15) is 5.10 Å². The summed E-state index contributed by atoms with van der Waals surface area (Å²) in [6.45, 7) is 2.51. The van der Waals surface area contributed by atoms with E-state index in [1.807, 2.05) is 13.0 Å². The predicted octanol–water partition coefficient (Wildman–Crippen LogP) is 1.83. The molecule has 3 heteroatoms. The largest absolute Gasteiger partial charge is 0.379 e. The number of hydrazone groups is 1. The van der Waals surface area contributed by atoms with Crippen LogP contribution in [0.2, 0.25) is 0 Å². The molecule has 0 fully saturated rings. The van der Waals surface area contributed by atoms with E-state index in [1.165, 1.54) is 0 Å². The number of methoxy groups -OCH3 is 1. The molecule has 0 spiro atoms. The highest BCUT2D eigenvalue weighted by Crippen LogP contribution is 2.06. The van der Waals surface area contributed by atoms with E-state index in [2.05, 4.69) is 22.7 Å². The molecule has 1 aliphatic rings. The quantitative estimate of drug-likeness (QED) is 0.529. The lowest BCUT2D eigenvalue weighted by molar-refractivity contribution is 0.244. The first-order chi connectivity index (χ1) is 6.33. The van der Waals surface area contributed by atoms with Gasteiger partial charge < -0.3 is 4.74 Å². The molecule has 0 radical (unpaired) electrons. The summed E-state index contributed by atoms with van der Waals surface area (Å²) in [5.41, 5.74) is 5.01. The van der Waals surface area contributed by atoms with Gasteiger partial charge in [0.25, 0.3) is 0 Å². The Morgan fingerprint density at radius 2 is 2.46 bits per heavy atom. The first-order valence-electron chi connectivity index (χ1n) is 4.47. The van der Waals surface area contributed by atoms with Crippen molar-refractivity contribution < 1.29 is 4.74 Å². The van der Waals surface area contributed by atoms with E-state index >= 15 is 0 Å². The van der Waals surface area contributed by atoms with Crippen LogP contribution in [0.5, 0.6) is 0 Å². The summed E-state index contributed by atoms with van der Waals surface area (Å²) in [6.07, 6.45) is 8.56. The van der Waals surface area contributed by atoms with Gasteiger partial charge in [0.05, 0.1) is 18.0 Å². The van der Waals surface area contributed by atoms with Crippen LogP contribution in [-0.2, 0) is 4.74 Å². The normalized spacial score (nSPS) is 17.1. The van der Waals surface area contributed by atoms with Crippen molar-refractivity contribution in [2.45, 2.75) is 19.8 Å². The lowest BCUT2D eigenvalue weighted by Crippen LogP contribution is -2.11. The standard InChI is InChI=1S/C10H16N2O/c1-9(8-13-2)11-12-10-6-4-3-5-7-10/h4,6-7,12H,3,5,8H2,1-2H3/b11-9+. The number of allylic oxidation sites excluding steroid dienone is 3. The topological polar surface area (TPSA) is 33.6 Å². The number of hydrogen-bond acceptors (Lipinski definition) is 3. The summed E-state index contributed by atoms with van der Waals surface area (Å²) in [5, 5.41) is 4.16. The number of rotatable bonds is 4. The van der Waals surface area contributed by atoms with Gasteiger partial charge in [-0.1, -0.05) is 12.2 Å². The molecule has 0 aliphatic heterocycles. The van der Waals surface area contributed by atoms with Gasteiger partial charge in [0.1, 0.15) is 0 Å².